The molecule has 7 heteroatoms. The molecule has 0 saturated carbocycles. The van der Waals surface area contributed by atoms with Crippen molar-refractivity contribution in [2.24, 2.45) is 0 Å². The van der Waals surface area contributed by atoms with E-state index in [9.17, 15) is 8.42 Å². The topological polar surface area (TPSA) is 82.1 Å². The van der Waals surface area contributed by atoms with Gasteiger partial charge in [-0.25, -0.2) is 4.18 Å². The molecule has 1 aliphatic rings. The molecule has 1 aliphatic heterocycles. The molecule has 6 nitrogen and oxygen atoms in total. The first-order valence-corrected chi connectivity index (χ1v) is 9.26. The van der Waals surface area contributed by atoms with Crippen LogP contribution in [0.5, 0.6) is 0 Å². The van der Waals surface area contributed by atoms with Crippen LogP contribution in [-0.4, -0.2) is 38.6 Å². The van der Waals surface area contributed by atoms with Crippen molar-refractivity contribution in [3.63, 3.8) is 0 Å². The zero-order valence-corrected chi connectivity index (χ0v) is 13.6. The van der Waals surface area contributed by atoms with Crippen LogP contribution < -0.4 is 0 Å². The van der Waals surface area contributed by atoms with Gasteiger partial charge in [0.25, 0.3) is 0 Å². The van der Waals surface area contributed by atoms with Crippen molar-refractivity contribution in [2.45, 2.75) is 77.1 Å². The first kappa shape index (κ1) is 18.8. The standard InChI is InChI=1S/C14H28O6S/c1-2-3-4-5-6-7-8-9-10-14-18-11-13(20-14)12-19-21(15,16)17/h13-14H,2-12H2,1H3,(H,15,16,17). The predicted molar refractivity (Wildman–Crippen MR) is 79.3 cm³/mol. The minimum atomic E-state index is -4.40. The van der Waals surface area contributed by atoms with Gasteiger partial charge in [0.1, 0.15) is 6.10 Å². The fraction of sp³-hybridized carbons (Fsp3) is 1.00. The summed E-state index contributed by atoms with van der Waals surface area (Å²) in [5.74, 6) is 0. The summed E-state index contributed by atoms with van der Waals surface area (Å²) in [4.78, 5) is 0. The highest BCUT2D eigenvalue weighted by Gasteiger charge is 2.27. The molecule has 0 spiro atoms. The highest BCUT2D eigenvalue weighted by atomic mass is 32.3. The molecule has 126 valence electrons. The van der Waals surface area contributed by atoms with Gasteiger partial charge in [-0.2, -0.15) is 8.42 Å². The normalized spacial score (nSPS) is 22.8. The van der Waals surface area contributed by atoms with Crippen LogP contribution in [-0.2, 0) is 24.1 Å². The molecule has 0 amide bonds. The van der Waals surface area contributed by atoms with E-state index < -0.39 is 16.5 Å². The molecule has 1 saturated heterocycles. The van der Waals surface area contributed by atoms with Crippen molar-refractivity contribution in [3.8, 4) is 0 Å². The Morgan fingerprint density at radius 1 is 1.10 bits per heavy atom. The number of rotatable bonds is 12. The summed E-state index contributed by atoms with van der Waals surface area (Å²) in [7, 11) is -4.40. The molecule has 0 radical (unpaired) electrons. The van der Waals surface area contributed by atoms with Gasteiger partial charge in [-0.05, 0) is 12.8 Å². The Labute approximate surface area is 128 Å². The van der Waals surface area contributed by atoms with Crippen LogP contribution in [0.4, 0.5) is 0 Å². The molecule has 1 rings (SSSR count). The fourth-order valence-corrected chi connectivity index (χ4v) is 2.68. The van der Waals surface area contributed by atoms with Gasteiger partial charge in [0.2, 0.25) is 0 Å². The first-order chi connectivity index (χ1) is 10.0. The maximum absolute atomic E-state index is 10.4. The molecule has 2 atom stereocenters. The summed E-state index contributed by atoms with van der Waals surface area (Å²) in [6.07, 6.45) is 10.1. The van der Waals surface area contributed by atoms with E-state index in [1.54, 1.807) is 0 Å². The van der Waals surface area contributed by atoms with Gasteiger partial charge in [0, 0.05) is 0 Å². The van der Waals surface area contributed by atoms with E-state index in [-0.39, 0.29) is 12.9 Å². The molecule has 0 aromatic heterocycles. The molecule has 1 N–H and O–H groups in total. The van der Waals surface area contributed by atoms with Gasteiger partial charge in [0.05, 0.1) is 13.2 Å². The number of hydrogen-bond acceptors (Lipinski definition) is 5. The highest BCUT2D eigenvalue weighted by Crippen LogP contribution is 2.19. The second-order valence-corrected chi connectivity index (χ2v) is 6.59. The average molecular weight is 324 g/mol. The van der Waals surface area contributed by atoms with Crippen LogP contribution in [0, 0.1) is 0 Å². The monoisotopic (exact) mass is 324 g/mol. The van der Waals surface area contributed by atoms with E-state index in [1.807, 2.05) is 0 Å². The second kappa shape index (κ2) is 10.5. The zero-order valence-electron chi connectivity index (χ0n) is 12.8. The van der Waals surface area contributed by atoms with Crippen molar-refractivity contribution in [3.05, 3.63) is 0 Å². The molecule has 0 aromatic rings. The molecular formula is C14H28O6S. The van der Waals surface area contributed by atoms with Crippen molar-refractivity contribution >= 4 is 10.4 Å². The highest BCUT2D eigenvalue weighted by molar-refractivity contribution is 7.80. The predicted octanol–water partition coefficient (Wildman–Crippen LogP) is 3.08. The summed E-state index contributed by atoms with van der Waals surface area (Å²) in [6, 6.07) is 0. The summed E-state index contributed by atoms with van der Waals surface area (Å²) < 4.78 is 44.5. The maximum Gasteiger partial charge on any atom is 0.397 e. The Kier molecular flexibility index (Phi) is 9.42. The smallest absolute Gasteiger partial charge is 0.350 e. The van der Waals surface area contributed by atoms with Crippen LogP contribution in [0.3, 0.4) is 0 Å². The number of ether oxygens (including phenoxy) is 2. The van der Waals surface area contributed by atoms with Gasteiger partial charge in [-0.3, -0.25) is 4.55 Å². The van der Waals surface area contributed by atoms with Crippen molar-refractivity contribution in [1.29, 1.82) is 0 Å². The van der Waals surface area contributed by atoms with E-state index in [4.69, 9.17) is 14.0 Å². The third kappa shape index (κ3) is 10.2. The molecule has 2 unspecified atom stereocenters. The Hall–Kier alpha value is -0.210. The molecule has 1 fully saturated rings. The van der Waals surface area contributed by atoms with E-state index in [1.165, 1.54) is 44.9 Å². The van der Waals surface area contributed by atoms with Gasteiger partial charge in [-0.1, -0.05) is 51.9 Å². The molecule has 21 heavy (non-hydrogen) atoms. The maximum atomic E-state index is 10.4. The molecule has 0 bridgehead atoms. The van der Waals surface area contributed by atoms with Crippen molar-refractivity contribution < 1.29 is 26.6 Å². The van der Waals surface area contributed by atoms with Gasteiger partial charge >= 0.3 is 10.4 Å². The summed E-state index contributed by atoms with van der Waals surface area (Å²) in [5.41, 5.74) is 0. The van der Waals surface area contributed by atoms with Crippen LogP contribution in [0.2, 0.25) is 0 Å². The first-order valence-electron chi connectivity index (χ1n) is 7.90. The molecular weight excluding hydrogens is 296 g/mol. The Morgan fingerprint density at radius 2 is 1.71 bits per heavy atom. The second-order valence-electron chi connectivity index (χ2n) is 5.50. The summed E-state index contributed by atoms with van der Waals surface area (Å²) >= 11 is 0. The SMILES string of the molecule is CCCCCCCCCCC1OCC(COS(=O)(=O)O)O1. The molecule has 1 heterocycles. The zero-order chi connectivity index (χ0) is 15.6. The Morgan fingerprint density at radius 3 is 2.33 bits per heavy atom. The summed E-state index contributed by atoms with van der Waals surface area (Å²) in [6.45, 7) is 2.32. The Balaban J connectivity index is 1.95. The van der Waals surface area contributed by atoms with E-state index in [0.717, 1.165) is 12.8 Å². The minimum absolute atomic E-state index is 0.202. The van der Waals surface area contributed by atoms with E-state index >= 15 is 0 Å². The van der Waals surface area contributed by atoms with Gasteiger partial charge in [-0.15, -0.1) is 0 Å². The number of hydrogen-bond donors (Lipinski definition) is 1. The lowest BCUT2D eigenvalue weighted by Gasteiger charge is -2.10. The number of unbranched alkanes of at least 4 members (excludes halogenated alkanes) is 7. The largest absolute Gasteiger partial charge is 0.397 e. The summed E-state index contributed by atoms with van der Waals surface area (Å²) in [5, 5.41) is 0. The molecule has 0 aromatic carbocycles. The lowest BCUT2D eigenvalue weighted by molar-refractivity contribution is -0.0688. The minimum Gasteiger partial charge on any atom is -0.350 e. The molecule has 0 aliphatic carbocycles. The fourth-order valence-electron chi connectivity index (χ4n) is 2.35. The van der Waals surface area contributed by atoms with Crippen LogP contribution in [0.1, 0.15) is 64.7 Å². The van der Waals surface area contributed by atoms with Crippen LogP contribution in [0.15, 0.2) is 0 Å². The average Bonchev–Trinajstić information content (AvgIpc) is 2.87. The van der Waals surface area contributed by atoms with Gasteiger partial charge < -0.3 is 9.47 Å². The van der Waals surface area contributed by atoms with Gasteiger partial charge in [0.15, 0.2) is 6.29 Å². The Bertz CT molecular complexity index is 356. The third-order valence-corrected chi connectivity index (χ3v) is 3.94. The van der Waals surface area contributed by atoms with Crippen LogP contribution >= 0.6 is 0 Å². The van der Waals surface area contributed by atoms with E-state index in [2.05, 4.69) is 11.1 Å². The lowest BCUT2D eigenvalue weighted by atomic mass is 10.1. The van der Waals surface area contributed by atoms with E-state index in [0.29, 0.717) is 6.61 Å². The third-order valence-electron chi connectivity index (χ3n) is 3.51. The lowest BCUT2D eigenvalue weighted by Crippen LogP contribution is -2.21. The van der Waals surface area contributed by atoms with Crippen molar-refractivity contribution in [1.82, 2.24) is 0 Å². The van der Waals surface area contributed by atoms with Crippen molar-refractivity contribution in [2.75, 3.05) is 13.2 Å². The quantitative estimate of drug-likeness (QED) is 0.439. The van der Waals surface area contributed by atoms with Crippen LogP contribution in [0.25, 0.3) is 0 Å².